The van der Waals surface area contributed by atoms with Gasteiger partial charge in [0, 0.05) is 25.6 Å². The van der Waals surface area contributed by atoms with Gasteiger partial charge in [0.05, 0.1) is 17.0 Å². The zero-order chi connectivity index (χ0) is 21.9. The van der Waals surface area contributed by atoms with E-state index in [0.717, 1.165) is 9.80 Å². The summed E-state index contributed by atoms with van der Waals surface area (Å²) in [4.78, 5) is 37.5. The van der Waals surface area contributed by atoms with Crippen LogP contribution in [0.25, 0.3) is 0 Å². The average Bonchev–Trinajstić information content (AvgIpc) is 2.98. The van der Waals surface area contributed by atoms with E-state index in [1.54, 1.807) is 12.1 Å². The molecule has 0 saturated carbocycles. The van der Waals surface area contributed by atoms with Crippen molar-refractivity contribution in [1.29, 1.82) is 0 Å². The number of alkyl halides is 2. The van der Waals surface area contributed by atoms with Gasteiger partial charge in [0.2, 0.25) is 0 Å². The number of hydrogen-bond donors (Lipinski definition) is 1. The molecule has 2 atom stereocenters. The smallest absolute Gasteiger partial charge is 0.407 e. The molecule has 4 rings (SSSR count). The Morgan fingerprint density at radius 2 is 1.43 bits per heavy atom. The largest absolute Gasteiger partial charge is 0.465 e. The molecule has 0 aromatic heterocycles. The van der Waals surface area contributed by atoms with Crippen LogP contribution in [0.15, 0.2) is 60.7 Å². The van der Waals surface area contributed by atoms with Gasteiger partial charge in [-0.1, -0.05) is 55.5 Å². The van der Waals surface area contributed by atoms with E-state index >= 15 is 0 Å². The number of rotatable bonds is 2. The molecular weight excluding hydrogens is 394 g/mol. The molecule has 2 aliphatic rings. The maximum absolute atomic E-state index is 14.5. The van der Waals surface area contributed by atoms with Gasteiger partial charge in [0.25, 0.3) is 17.7 Å². The molecule has 2 aliphatic heterocycles. The molecule has 0 spiro atoms. The fraction of sp³-hybridized carbons (Fsp3) is 0.318. The lowest BCUT2D eigenvalue weighted by atomic mass is 9.85. The van der Waals surface area contributed by atoms with E-state index in [1.165, 1.54) is 19.1 Å². The average molecular weight is 416 g/mol. The van der Waals surface area contributed by atoms with Crippen molar-refractivity contribution < 1.29 is 28.3 Å². The van der Waals surface area contributed by atoms with Crippen LogP contribution >= 0.6 is 0 Å². The van der Waals surface area contributed by atoms with Crippen molar-refractivity contribution in [3.8, 4) is 0 Å². The Hall–Kier alpha value is -3.29. The summed E-state index contributed by atoms with van der Waals surface area (Å²) in [5.41, 5.74) is 0.370. The Labute approximate surface area is 172 Å². The van der Waals surface area contributed by atoms with Crippen LogP contribution < -0.4 is 0 Å². The van der Waals surface area contributed by atoms with Crippen molar-refractivity contribution >= 4 is 17.9 Å². The highest BCUT2D eigenvalue weighted by Gasteiger charge is 2.52. The third kappa shape index (κ3) is 4.17. The van der Waals surface area contributed by atoms with E-state index in [-0.39, 0.29) is 17.7 Å². The van der Waals surface area contributed by atoms with Crippen molar-refractivity contribution in [3.05, 3.63) is 71.8 Å². The van der Waals surface area contributed by atoms with Crippen LogP contribution in [0.2, 0.25) is 0 Å². The molecular formula is C22H22F2N2O4. The second-order valence-corrected chi connectivity index (χ2v) is 7.38. The van der Waals surface area contributed by atoms with Crippen molar-refractivity contribution in [2.24, 2.45) is 11.8 Å². The fourth-order valence-electron chi connectivity index (χ4n) is 3.66. The summed E-state index contributed by atoms with van der Waals surface area (Å²) in [6.45, 7) is 0.0684. The first-order valence-corrected chi connectivity index (χ1v) is 9.54. The number of carbonyl (C=O) groups is 3. The number of likely N-dealkylation sites (tertiary alicyclic amines) is 1. The number of piperidine rings is 1. The van der Waals surface area contributed by atoms with Gasteiger partial charge in [-0.25, -0.2) is 13.6 Å². The summed E-state index contributed by atoms with van der Waals surface area (Å²) in [5, 5.41) is 9.08. The number of amides is 3. The molecule has 0 bridgehead atoms. The molecule has 3 amide bonds. The molecule has 158 valence electrons. The van der Waals surface area contributed by atoms with Crippen molar-refractivity contribution in [3.63, 3.8) is 0 Å². The van der Waals surface area contributed by atoms with E-state index in [1.807, 2.05) is 36.4 Å². The summed E-state index contributed by atoms with van der Waals surface area (Å²) in [6.07, 6.45) is -1.29. The Kier molecular flexibility index (Phi) is 6.14. The normalized spacial score (nSPS) is 22.2. The SMILES string of the molecule is CC1CN(C(=O)O)CC(CN2C(=O)c3ccccc3C2=O)C1(F)F.c1ccccc1. The number of carboxylic acid groups (broad SMARTS) is 1. The van der Waals surface area contributed by atoms with E-state index in [2.05, 4.69) is 0 Å². The van der Waals surface area contributed by atoms with Crippen LogP contribution in [0.5, 0.6) is 0 Å². The van der Waals surface area contributed by atoms with Gasteiger partial charge in [-0.15, -0.1) is 0 Å². The van der Waals surface area contributed by atoms with Gasteiger partial charge < -0.3 is 10.0 Å². The molecule has 0 aliphatic carbocycles. The predicted molar refractivity (Wildman–Crippen MR) is 105 cm³/mol. The summed E-state index contributed by atoms with van der Waals surface area (Å²) in [7, 11) is 0. The topological polar surface area (TPSA) is 77.9 Å². The minimum Gasteiger partial charge on any atom is -0.465 e. The maximum Gasteiger partial charge on any atom is 0.407 e. The quantitative estimate of drug-likeness (QED) is 0.755. The number of nitrogens with zero attached hydrogens (tertiary/aromatic N) is 2. The Balaban J connectivity index is 0.000000367. The van der Waals surface area contributed by atoms with Gasteiger partial charge >= 0.3 is 6.09 Å². The van der Waals surface area contributed by atoms with Gasteiger partial charge in [0.15, 0.2) is 0 Å². The summed E-state index contributed by atoms with van der Waals surface area (Å²) >= 11 is 0. The highest BCUT2D eigenvalue weighted by Crippen LogP contribution is 2.39. The molecule has 8 heteroatoms. The predicted octanol–water partition coefficient (Wildman–Crippen LogP) is 3.85. The standard InChI is InChI=1S/C16H16F2N2O4.C6H6/c1-9-6-19(15(23)24)7-10(16(9,17)18)8-20-13(21)11-4-2-3-5-12(11)14(20)22;1-2-4-6-5-3-1/h2-5,9-10H,6-8H2,1H3,(H,23,24);1-6H. The van der Waals surface area contributed by atoms with Crippen LogP contribution in [-0.2, 0) is 0 Å². The molecule has 2 aromatic rings. The number of hydrogen-bond acceptors (Lipinski definition) is 3. The number of imide groups is 1. The number of carbonyl (C=O) groups excluding carboxylic acids is 2. The molecule has 1 N–H and O–H groups in total. The Morgan fingerprint density at radius 3 is 1.87 bits per heavy atom. The first-order valence-electron chi connectivity index (χ1n) is 9.54. The van der Waals surface area contributed by atoms with Crippen LogP contribution in [0.3, 0.4) is 0 Å². The molecule has 6 nitrogen and oxygen atoms in total. The third-order valence-electron chi connectivity index (χ3n) is 5.35. The monoisotopic (exact) mass is 416 g/mol. The first-order chi connectivity index (χ1) is 14.2. The van der Waals surface area contributed by atoms with E-state index in [4.69, 9.17) is 5.11 Å². The summed E-state index contributed by atoms with van der Waals surface area (Å²) < 4.78 is 28.9. The molecule has 2 unspecified atom stereocenters. The maximum atomic E-state index is 14.5. The van der Waals surface area contributed by atoms with E-state index in [9.17, 15) is 23.2 Å². The van der Waals surface area contributed by atoms with Crippen molar-refractivity contribution in [2.45, 2.75) is 12.8 Å². The lowest BCUT2D eigenvalue weighted by molar-refractivity contribution is -0.141. The van der Waals surface area contributed by atoms with Crippen LogP contribution in [0.1, 0.15) is 27.6 Å². The van der Waals surface area contributed by atoms with Crippen LogP contribution in [-0.4, -0.2) is 58.4 Å². The second kappa shape index (κ2) is 8.61. The van der Waals surface area contributed by atoms with Gasteiger partial charge in [-0.2, -0.15) is 0 Å². The van der Waals surface area contributed by atoms with Crippen LogP contribution in [0, 0.1) is 11.8 Å². The lowest BCUT2D eigenvalue weighted by Crippen LogP contribution is -2.57. The molecule has 1 saturated heterocycles. The summed E-state index contributed by atoms with van der Waals surface area (Å²) in [5.74, 6) is -7.03. The minimum absolute atomic E-state index is 0.185. The first kappa shape index (κ1) is 21.4. The Bertz CT molecular complexity index is 874. The number of fused-ring (bicyclic) bond motifs is 1. The fourth-order valence-corrected chi connectivity index (χ4v) is 3.66. The third-order valence-corrected chi connectivity index (χ3v) is 5.35. The minimum atomic E-state index is -3.17. The van der Waals surface area contributed by atoms with Gasteiger partial charge in [-0.05, 0) is 12.1 Å². The number of halogens is 2. The van der Waals surface area contributed by atoms with Gasteiger partial charge in [-0.3, -0.25) is 14.5 Å². The number of benzene rings is 2. The lowest BCUT2D eigenvalue weighted by Gasteiger charge is -2.42. The second-order valence-electron chi connectivity index (χ2n) is 7.38. The highest BCUT2D eigenvalue weighted by molar-refractivity contribution is 6.21. The molecule has 2 aromatic carbocycles. The highest BCUT2D eigenvalue weighted by atomic mass is 19.3. The molecule has 0 radical (unpaired) electrons. The van der Waals surface area contributed by atoms with Gasteiger partial charge in [0.1, 0.15) is 0 Å². The van der Waals surface area contributed by atoms with Crippen molar-refractivity contribution in [2.75, 3.05) is 19.6 Å². The van der Waals surface area contributed by atoms with E-state index < -0.39 is 48.8 Å². The van der Waals surface area contributed by atoms with E-state index in [0.29, 0.717) is 0 Å². The van der Waals surface area contributed by atoms with Crippen LogP contribution in [0.4, 0.5) is 13.6 Å². The van der Waals surface area contributed by atoms with Crippen molar-refractivity contribution in [1.82, 2.24) is 9.80 Å². The molecule has 30 heavy (non-hydrogen) atoms. The molecule has 2 heterocycles. The Morgan fingerprint density at radius 1 is 0.967 bits per heavy atom. The zero-order valence-corrected chi connectivity index (χ0v) is 16.4. The zero-order valence-electron chi connectivity index (χ0n) is 16.4. The molecule has 1 fully saturated rings. The summed E-state index contributed by atoms with van der Waals surface area (Å²) in [6, 6.07) is 18.1.